The Morgan fingerprint density at radius 2 is 1.54 bits per heavy atom. The number of nitrogens with zero attached hydrogens (tertiary/aromatic N) is 1. The Morgan fingerprint density at radius 3 is 2.11 bits per heavy atom. The van der Waals surface area contributed by atoms with Crippen LogP contribution in [-0.4, -0.2) is 26.8 Å². The molecule has 1 N–H and O–H groups in total. The zero-order valence-electron chi connectivity index (χ0n) is 15.6. The van der Waals surface area contributed by atoms with Gasteiger partial charge in [0.2, 0.25) is 0 Å². The number of hydrogen-bond acceptors (Lipinski definition) is 5. The van der Waals surface area contributed by atoms with Gasteiger partial charge >= 0.3 is 0 Å². The molecule has 28 heavy (non-hydrogen) atoms. The number of rotatable bonds is 5. The molecule has 0 aliphatic rings. The minimum Gasteiger partial charge on any atom is -0.495 e. The topological polar surface area (TPSA) is 68.3 Å². The van der Waals surface area contributed by atoms with Crippen LogP contribution in [0.5, 0.6) is 5.75 Å². The van der Waals surface area contributed by atoms with E-state index < -0.39 is 9.84 Å². The number of methoxy groups -OCH3 is 1. The molecular formula is C22H20N2O3S. The smallest absolute Gasteiger partial charge is 0.151 e. The summed E-state index contributed by atoms with van der Waals surface area (Å²) >= 11 is 0. The zero-order chi connectivity index (χ0) is 19.7. The largest absolute Gasteiger partial charge is 0.495 e. The van der Waals surface area contributed by atoms with Gasteiger partial charge in [0.05, 0.1) is 35.3 Å². The predicted molar refractivity (Wildman–Crippen MR) is 114 cm³/mol. The van der Waals surface area contributed by atoms with E-state index in [-0.39, 0.29) is 5.75 Å². The third-order valence-corrected chi connectivity index (χ3v) is 5.40. The molecule has 1 heterocycles. The van der Waals surface area contributed by atoms with E-state index in [0.717, 1.165) is 33.2 Å². The Kier molecular flexibility index (Phi) is 4.65. The van der Waals surface area contributed by atoms with Crippen LogP contribution >= 0.6 is 0 Å². The Balaban J connectivity index is 1.85. The van der Waals surface area contributed by atoms with Crippen molar-refractivity contribution in [2.45, 2.75) is 5.75 Å². The lowest BCUT2D eigenvalue weighted by molar-refractivity contribution is 0.416. The van der Waals surface area contributed by atoms with Crippen LogP contribution in [0.1, 0.15) is 5.56 Å². The van der Waals surface area contributed by atoms with Crippen LogP contribution in [0.4, 0.5) is 11.4 Å². The van der Waals surface area contributed by atoms with Gasteiger partial charge in [-0.15, -0.1) is 0 Å². The van der Waals surface area contributed by atoms with E-state index in [1.54, 1.807) is 19.2 Å². The fourth-order valence-electron chi connectivity index (χ4n) is 3.34. The highest BCUT2D eigenvalue weighted by atomic mass is 32.2. The van der Waals surface area contributed by atoms with Gasteiger partial charge in [0, 0.05) is 17.0 Å². The van der Waals surface area contributed by atoms with E-state index in [4.69, 9.17) is 9.72 Å². The predicted octanol–water partition coefficient (Wildman–Crippen LogP) is 4.68. The second-order valence-electron chi connectivity index (χ2n) is 6.75. The van der Waals surface area contributed by atoms with Crippen molar-refractivity contribution >= 4 is 43.0 Å². The molecule has 0 spiro atoms. The Hall–Kier alpha value is -3.12. The first kappa shape index (κ1) is 18.3. The van der Waals surface area contributed by atoms with Gasteiger partial charge < -0.3 is 10.1 Å². The van der Waals surface area contributed by atoms with Crippen molar-refractivity contribution < 1.29 is 13.2 Å². The first-order valence-electron chi connectivity index (χ1n) is 8.84. The molecule has 0 unspecified atom stereocenters. The van der Waals surface area contributed by atoms with E-state index in [2.05, 4.69) is 5.32 Å². The van der Waals surface area contributed by atoms with E-state index >= 15 is 0 Å². The average molecular weight is 392 g/mol. The molecule has 0 saturated carbocycles. The van der Waals surface area contributed by atoms with Gasteiger partial charge in [-0.25, -0.2) is 13.4 Å². The first-order chi connectivity index (χ1) is 13.4. The molecule has 1 aromatic heterocycles. The summed E-state index contributed by atoms with van der Waals surface area (Å²) in [6, 6.07) is 21.3. The number of aromatic nitrogens is 1. The van der Waals surface area contributed by atoms with Gasteiger partial charge in [-0.3, -0.25) is 0 Å². The Labute approximate surface area is 163 Å². The maximum atomic E-state index is 11.6. The molecular weight excluding hydrogens is 372 g/mol. The molecule has 3 aromatic carbocycles. The van der Waals surface area contributed by atoms with Gasteiger partial charge in [-0.05, 0) is 29.8 Å². The maximum absolute atomic E-state index is 11.6. The lowest BCUT2D eigenvalue weighted by Gasteiger charge is -2.16. The minimum absolute atomic E-state index is 0.0231. The van der Waals surface area contributed by atoms with Crippen LogP contribution in [-0.2, 0) is 15.6 Å². The molecule has 0 amide bonds. The number of anilines is 2. The fraction of sp³-hybridized carbons (Fsp3) is 0.136. The van der Waals surface area contributed by atoms with E-state index in [9.17, 15) is 8.42 Å². The molecule has 0 radical (unpaired) electrons. The van der Waals surface area contributed by atoms with E-state index in [0.29, 0.717) is 11.3 Å². The number of sulfone groups is 1. The lowest BCUT2D eigenvalue weighted by atomic mass is 10.1. The SMILES string of the molecule is COc1cc(CS(C)(=O)=O)ccc1Nc1c2ccccc2nc2ccccc12. The average Bonchev–Trinajstić information content (AvgIpc) is 2.67. The van der Waals surface area contributed by atoms with Crippen LogP contribution < -0.4 is 10.1 Å². The summed E-state index contributed by atoms with van der Waals surface area (Å²) in [5.41, 5.74) is 4.19. The third kappa shape index (κ3) is 3.64. The number of hydrogen-bond donors (Lipinski definition) is 1. The molecule has 0 fully saturated rings. The summed E-state index contributed by atoms with van der Waals surface area (Å²) in [6.45, 7) is 0. The van der Waals surface area contributed by atoms with Crippen molar-refractivity contribution in [2.75, 3.05) is 18.7 Å². The van der Waals surface area contributed by atoms with Gasteiger partial charge in [-0.2, -0.15) is 0 Å². The first-order valence-corrected chi connectivity index (χ1v) is 10.9. The molecule has 0 saturated heterocycles. The quantitative estimate of drug-likeness (QED) is 0.499. The van der Waals surface area contributed by atoms with Crippen molar-refractivity contribution in [3.05, 3.63) is 72.3 Å². The Morgan fingerprint density at radius 1 is 0.929 bits per heavy atom. The van der Waals surface area contributed by atoms with Crippen molar-refractivity contribution in [1.82, 2.24) is 4.98 Å². The number of para-hydroxylation sites is 2. The van der Waals surface area contributed by atoms with Crippen molar-refractivity contribution in [1.29, 1.82) is 0 Å². The normalized spacial score (nSPS) is 11.6. The monoisotopic (exact) mass is 392 g/mol. The molecule has 6 heteroatoms. The van der Waals surface area contributed by atoms with Crippen molar-refractivity contribution in [3.8, 4) is 5.75 Å². The number of fused-ring (bicyclic) bond motifs is 2. The van der Waals surface area contributed by atoms with Crippen molar-refractivity contribution in [2.24, 2.45) is 0 Å². The summed E-state index contributed by atoms with van der Waals surface area (Å²) in [4.78, 5) is 4.74. The standard InChI is InChI=1S/C22H20N2O3S/c1-27-21-13-15(14-28(2,25)26)11-12-20(21)24-22-16-7-3-5-9-18(16)23-19-10-6-4-8-17(19)22/h3-13H,14H2,1-2H3,(H,23,24). The maximum Gasteiger partial charge on any atom is 0.151 e. The molecule has 4 rings (SSSR count). The molecule has 0 aliphatic heterocycles. The summed E-state index contributed by atoms with van der Waals surface area (Å²) in [6.07, 6.45) is 1.22. The van der Waals surface area contributed by atoms with E-state index in [1.807, 2.05) is 54.6 Å². The van der Waals surface area contributed by atoms with E-state index in [1.165, 1.54) is 6.26 Å². The molecule has 142 valence electrons. The second kappa shape index (κ2) is 7.13. The summed E-state index contributed by atoms with van der Waals surface area (Å²) in [5, 5.41) is 5.49. The summed E-state index contributed by atoms with van der Waals surface area (Å²) in [7, 11) is -1.54. The van der Waals surface area contributed by atoms with Gasteiger partial charge in [0.1, 0.15) is 5.75 Å². The zero-order valence-corrected chi connectivity index (χ0v) is 16.5. The third-order valence-electron chi connectivity index (χ3n) is 4.54. The summed E-state index contributed by atoms with van der Waals surface area (Å²) < 4.78 is 28.7. The van der Waals surface area contributed by atoms with Gasteiger partial charge in [0.15, 0.2) is 9.84 Å². The highest BCUT2D eigenvalue weighted by Gasteiger charge is 2.13. The molecule has 0 aliphatic carbocycles. The molecule has 5 nitrogen and oxygen atoms in total. The van der Waals surface area contributed by atoms with Crippen LogP contribution in [0.15, 0.2) is 66.7 Å². The van der Waals surface area contributed by atoms with Crippen LogP contribution in [0.25, 0.3) is 21.8 Å². The van der Waals surface area contributed by atoms with Gasteiger partial charge in [0.25, 0.3) is 0 Å². The molecule has 4 aromatic rings. The Bertz CT molecular complexity index is 1230. The van der Waals surface area contributed by atoms with Gasteiger partial charge in [-0.1, -0.05) is 42.5 Å². The number of ether oxygens (including phenoxy) is 1. The van der Waals surface area contributed by atoms with Crippen LogP contribution in [0, 0.1) is 0 Å². The highest BCUT2D eigenvalue weighted by Crippen LogP contribution is 2.36. The highest BCUT2D eigenvalue weighted by molar-refractivity contribution is 7.89. The second-order valence-corrected chi connectivity index (χ2v) is 8.89. The number of nitrogens with one attached hydrogen (secondary N) is 1. The lowest BCUT2D eigenvalue weighted by Crippen LogP contribution is -2.02. The molecule has 0 bridgehead atoms. The van der Waals surface area contributed by atoms with Crippen LogP contribution in [0.2, 0.25) is 0 Å². The number of benzene rings is 3. The van der Waals surface area contributed by atoms with Crippen LogP contribution in [0.3, 0.4) is 0 Å². The molecule has 0 atom stereocenters. The van der Waals surface area contributed by atoms with Crippen molar-refractivity contribution in [3.63, 3.8) is 0 Å². The fourth-order valence-corrected chi connectivity index (χ4v) is 4.13. The summed E-state index contributed by atoms with van der Waals surface area (Å²) in [5.74, 6) is 0.566. The number of pyridine rings is 1. The minimum atomic E-state index is -3.12.